The third-order valence-electron chi connectivity index (χ3n) is 2.60. The highest BCUT2D eigenvalue weighted by molar-refractivity contribution is 7.91. The molecule has 0 amide bonds. The lowest BCUT2D eigenvalue weighted by Crippen LogP contribution is -2.29. The molecule has 0 aromatic heterocycles. The number of benzene rings is 1. The van der Waals surface area contributed by atoms with Gasteiger partial charge < -0.3 is 4.90 Å². The molecule has 0 aliphatic carbocycles. The molecule has 0 atom stereocenters. The van der Waals surface area contributed by atoms with Crippen molar-refractivity contribution in [3.05, 3.63) is 18.2 Å². The Morgan fingerprint density at radius 3 is 2.63 bits per heavy atom. The zero-order valence-electron chi connectivity index (χ0n) is 9.95. The maximum atomic E-state index is 12.4. The van der Waals surface area contributed by atoms with Crippen molar-refractivity contribution in [3.63, 3.8) is 0 Å². The summed E-state index contributed by atoms with van der Waals surface area (Å²) in [5.41, 5.74) is 0.222. The van der Waals surface area contributed by atoms with Gasteiger partial charge in [-0.3, -0.25) is 0 Å². The average Bonchev–Trinajstić information content (AvgIpc) is 2.32. The Hall–Kier alpha value is -1.48. The summed E-state index contributed by atoms with van der Waals surface area (Å²) in [7, 11) is -7.46. The first kappa shape index (κ1) is 13.9. The molecule has 0 spiro atoms. The van der Waals surface area contributed by atoms with Crippen LogP contribution in [-0.2, 0) is 19.9 Å². The normalized spacial score (nSPS) is 17.3. The van der Waals surface area contributed by atoms with E-state index < -0.39 is 26.5 Å². The molecule has 1 aliphatic heterocycles. The Kier molecular flexibility index (Phi) is 3.35. The molecule has 1 aromatic carbocycles. The van der Waals surface area contributed by atoms with E-state index in [2.05, 4.69) is 4.40 Å². The van der Waals surface area contributed by atoms with Gasteiger partial charge in [0, 0.05) is 6.26 Å². The predicted octanol–water partition coefficient (Wildman–Crippen LogP) is 0.597. The van der Waals surface area contributed by atoms with Gasteiger partial charge in [0.1, 0.15) is 17.9 Å². The van der Waals surface area contributed by atoms with Gasteiger partial charge >= 0.3 is 0 Å². The zero-order chi connectivity index (χ0) is 14.3. The molecule has 0 radical (unpaired) electrons. The van der Waals surface area contributed by atoms with Gasteiger partial charge in [0.25, 0.3) is 10.0 Å². The molecule has 9 heteroatoms. The highest BCUT2D eigenvalue weighted by Crippen LogP contribution is 2.31. The van der Waals surface area contributed by atoms with Gasteiger partial charge in [0.15, 0.2) is 9.84 Å². The summed E-state index contributed by atoms with van der Waals surface area (Å²) >= 11 is 0. The van der Waals surface area contributed by atoms with E-state index in [1.165, 1.54) is 17.0 Å². The molecular weight excluding hydrogens is 295 g/mol. The van der Waals surface area contributed by atoms with Crippen molar-refractivity contribution in [2.24, 2.45) is 4.40 Å². The van der Waals surface area contributed by atoms with Gasteiger partial charge in [-0.2, -0.15) is 8.42 Å². The molecule has 0 fully saturated rings. The molecule has 0 saturated carbocycles. The number of halogens is 1. The monoisotopic (exact) mass is 306 g/mol. The molecular formula is C10H11FN2O4S2. The lowest BCUT2D eigenvalue weighted by Gasteiger charge is -2.24. The minimum Gasteiger partial charge on any atom is -0.328 e. The highest BCUT2D eigenvalue weighted by atomic mass is 32.2. The Balaban J connectivity index is 2.66. The van der Waals surface area contributed by atoms with Crippen molar-refractivity contribution in [3.8, 4) is 0 Å². The smallest absolute Gasteiger partial charge is 0.285 e. The Labute approximate surface area is 110 Å². The van der Waals surface area contributed by atoms with Crippen LogP contribution in [0.3, 0.4) is 0 Å². The Morgan fingerprint density at radius 2 is 2.05 bits per heavy atom. The van der Waals surface area contributed by atoms with Crippen LogP contribution in [0, 0.1) is 0 Å². The van der Waals surface area contributed by atoms with Crippen LogP contribution in [0.15, 0.2) is 32.4 Å². The van der Waals surface area contributed by atoms with Crippen LogP contribution >= 0.6 is 0 Å². The molecule has 0 bridgehead atoms. The van der Waals surface area contributed by atoms with Gasteiger partial charge in [-0.25, -0.2) is 12.8 Å². The number of sulfone groups is 1. The van der Waals surface area contributed by atoms with E-state index in [9.17, 15) is 21.2 Å². The number of fused-ring (bicyclic) bond motifs is 1. The summed E-state index contributed by atoms with van der Waals surface area (Å²) in [5, 5.41) is 0. The van der Waals surface area contributed by atoms with Crippen molar-refractivity contribution in [1.29, 1.82) is 0 Å². The summed E-state index contributed by atoms with van der Waals surface area (Å²) in [6.07, 6.45) is 2.00. The molecule has 1 aromatic rings. The van der Waals surface area contributed by atoms with E-state index in [0.29, 0.717) is 0 Å². The average molecular weight is 306 g/mol. The predicted molar refractivity (Wildman–Crippen MR) is 68.6 cm³/mol. The highest BCUT2D eigenvalue weighted by Gasteiger charge is 2.26. The van der Waals surface area contributed by atoms with Crippen LogP contribution in [0.4, 0.5) is 10.1 Å². The van der Waals surface area contributed by atoms with Crippen LogP contribution in [-0.4, -0.2) is 42.6 Å². The van der Waals surface area contributed by atoms with Gasteiger partial charge in [0.2, 0.25) is 0 Å². The van der Waals surface area contributed by atoms with E-state index >= 15 is 0 Å². The summed E-state index contributed by atoms with van der Waals surface area (Å²) in [5.74, 6) is 0. The van der Waals surface area contributed by atoms with Crippen LogP contribution in [0.1, 0.15) is 0 Å². The first-order valence-electron chi connectivity index (χ1n) is 5.23. The molecule has 0 saturated heterocycles. The van der Waals surface area contributed by atoms with E-state index in [-0.39, 0.29) is 22.0 Å². The first-order valence-corrected chi connectivity index (χ1v) is 8.56. The van der Waals surface area contributed by atoms with E-state index in [1.807, 2.05) is 0 Å². The Bertz CT molecular complexity index is 741. The number of sulfonamides is 1. The second-order valence-corrected chi connectivity index (χ2v) is 7.60. The quantitative estimate of drug-likeness (QED) is 0.816. The topological polar surface area (TPSA) is 83.9 Å². The maximum absolute atomic E-state index is 12.4. The maximum Gasteiger partial charge on any atom is 0.285 e. The van der Waals surface area contributed by atoms with Crippen LogP contribution in [0.2, 0.25) is 0 Å². The molecule has 1 heterocycles. The molecule has 6 nitrogen and oxygen atoms in total. The molecule has 0 unspecified atom stereocenters. The standard InChI is InChI=1S/C10H11FN2O4S2/c1-18(14,15)8-2-3-9-10(6-8)19(16,17)12-7-13(9)5-4-11/h2-3,6-7H,4-5H2,1H3. The second kappa shape index (κ2) is 4.57. The SMILES string of the molecule is CS(=O)(=O)c1ccc2c(c1)S(=O)(=O)N=CN2CCF. The number of anilines is 1. The van der Waals surface area contributed by atoms with Gasteiger partial charge in [0.05, 0.1) is 17.1 Å². The first-order chi connectivity index (χ1) is 8.75. The van der Waals surface area contributed by atoms with Crippen LogP contribution in [0.5, 0.6) is 0 Å². The lowest BCUT2D eigenvalue weighted by atomic mass is 10.3. The largest absolute Gasteiger partial charge is 0.328 e. The number of hydrogen-bond donors (Lipinski definition) is 0. The van der Waals surface area contributed by atoms with Crippen LogP contribution in [0.25, 0.3) is 0 Å². The molecule has 19 heavy (non-hydrogen) atoms. The van der Waals surface area contributed by atoms with Crippen LogP contribution < -0.4 is 4.90 Å². The van der Waals surface area contributed by atoms with E-state index in [4.69, 9.17) is 0 Å². The lowest BCUT2D eigenvalue weighted by molar-refractivity contribution is 0.503. The van der Waals surface area contributed by atoms with Crippen molar-refractivity contribution in [2.75, 3.05) is 24.4 Å². The summed E-state index contributed by atoms with van der Waals surface area (Å²) in [6.45, 7) is -0.733. The van der Waals surface area contributed by atoms with Crippen molar-refractivity contribution < 1.29 is 21.2 Å². The molecule has 104 valence electrons. The van der Waals surface area contributed by atoms with E-state index in [0.717, 1.165) is 18.7 Å². The summed E-state index contributed by atoms with van der Waals surface area (Å²) in [4.78, 5) is 0.973. The number of alkyl halides is 1. The van der Waals surface area contributed by atoms with Gasteiger partial charge in [-0.05, 0) is 18.2 Å². The number of hydrogen-bond acceptors (Lipinski definition) is 5. The summed E-state index contributed by atoms with van der Waals surface area (Å²) < 4.78 is 62.2. The summed E-state index contributed by atoms with van der Waals surface area (Å²) in [6, 6.07) is 3.67. The molecule has 0 N–H and O–H groups in total. The number of rotatable bonds is 3. The molecule has 2 rings (SSSR count). The second-order valence-electron chi connectivity index (χ2n) is 3.98. The fourth-order valence-corrected chi connectivity index (χ4v) is 3.47. The number of nitrogens with zero attached hydrogens (tertiary/aromatic N) is 2. The fourth-order valence-electron chi connectivity index (χ4n) is 1.68. The third kappa shape index (κ3) is 2.61. The fraction of sp³-hybridized carbons (Fsp3) is 0.300. The van der Waals surface area contributed by atoms with Crippen molar-refractivity contribution in [2.45, 2.75) is 9.79 Å². The molecule has 1 aliphatic rings. The Morgan fingerprint density at radius 1 is 1.37 bits per heavy atom. The van der Waals surface area contributed by atoms with E-state index in [1.54, 1.807) is 0 Å². The minimum absolute atomic E-state index is 0.0513. The van der Waals surface area contributed by atoms with Gasteiger partial charge in [-0.1, -0.05) is 0 Å². The third-order valence-corrected chi connectivity index (χ3v) is 4.96. The van der Waals surface area contributed by atoms with Gasteiger partial charge in [-0.15, -0.1) is 4.40 Å². The van der Waals surface area contributed by atoms with Crippen molar-refractivity contribution >= 4 is 31.9 Å². The zero-order valence-corrected chi connectivity index (χ0v) is 11.6. The minimum atomic E-state index is -3.94. The van der Waals surface area contributed by atoms with Crippen molar-refractivity contribution in [1.82, 2.24) is 0 Å².